The van der Waals surface area contributed by atoms with Gasteiger partial charge in [-0.2, -0.15) is 0 Å². The minimum Gasteiger partial charge on any atom is -0.369 e. The van der Waals surface area contributed by atoms with Gasteiger partial charge in [-0.3, -0.25) is 4.90 Å². The number of anilines is 1. The van der Waals surface area contributed by atoms with Gasteiger partial charge in [0.1, 0.15) is 5.01 Å². The van der Waals surface area contributed by atoms with Gasteiger partial charge in [-0.05, 0) is 24.6 Å². The Morgan fingerprint density at radius 2 is 1.81 bits per heavy atom. The zero-order valence-electron chi connectivity index (χ0n) is 14.9. The van der Waals surface area contributed by atoms with Gasteiger partial charge in [-0.15, -0.1) is 11.3 Å². The van der Waals surface area contributed by atoms with Crippen molar-refractivity contribution >= 4 is 28.6 Å². The molecule has 3 nitrogen and oxygen atoms in total. The number of hydrogen-bond acceptors (Lipinski definition) is 4. The molecule has 1 fully saturated rings. The topological polar surface area (TPSA) is 19.4 Å². The molecule has 0 aliphatic carbocycles. The van der Waals surface area contributed by atoms with E-state index in [1.807, 2.05) is 12.1 Å². The van der Waals surface area contributed by atoms with Gasteiger partial charge < -0.3 is 4.90 Å². The molecule has 1 aromatic heterocycles. The SMILES string of the molecule is Cc1ccc(Cl)cc1N1CCN(Cc2csc(-c3ccccc3)n2)CC1. The van der Waals surface area contributed by atoms with E-state index < -0.39 is 0 Å². The molecule has 3 aromatic rings. The van der Waals surface area contributed by atoms with Crippen LogP contribution in [0.5, 0.6) is 0 Å². The summed E-state index contributed by atoms with van der Waals surface area (Å²) in [6.07, 6.45) is 0. The maximum absolute atomic E-state index is 6.18. The van der Waals surface area contributed by atoms with Crippen LogP contribution in [0, 0.1) is 6.92 Å². The first-order valence-corrected chi connectivity index (χ1v) is 10.2. The van der Waals surface area contributed by atoms with Gasteiger partial charge in [-0.1, -0.05) is 48.0 Å². The predicted octanol–water partition coefficient (Wildman–Crippen LogP) is 5.09. The third-order valence-corrected chi connectivity index (χ3v) is 6.02. The lowest BCUT2D eigenvalue weighted by Gasteiger charge is -2.36. The number of aryl methyl sites for hydroxylation is 1. The maximum Gasteiger partial charge on any atom is 0.123 e. The second-order valence-electron chi connectivity index (χ2n) is 6.70. The first-order valence-electron chi connectivity index (χ1n) is 8.92. The highest BCUT2D eigenvalue weighted by atomic mass is 35.5. The molecule has 26 heavy (non-hydrogen) atoms. The van der Waals surface area contributed by atoms with Crippen molar-refractivity contribution < 1.29 is 0 Å². The van der Waals surface area contributed by atoms with Crippen LogP contribution < -0.4 is 4.90 Å². The summed E-state index contributed by atoms with van der Waals surface area (Å²) >= 11 is 7.91. The molecule has 1 saturated heterocycles. The summed E-state index contributed by atoms with van der Waals surface area (Å²) in [7, 11) is 0. The molecule has 1 aliphatic rings. The van der Waals surface area contributed by atoms with Gasteiger partial charge in [-0.25, -0.2) is 4.98 Å². The van der Waals surface area contributed by atoms with Crippen molar-refractivity contribution in [1.29, 1.82) is 0 Å². The largest absolute Gasteiger partial charge is 0.369 e. The molecule has 0 atom stereocenters. The molecule has 0 bridgehead atoms. The Morgan fingerprint density at radius 3 is 2.58 bits per heavy atom. The van der Waals surface area contributed by atoms with Crippen LogP contribution in [0.25, 0.3) is 10.6 Å². The molecule has 4 rings (SSSR count). The van der Waals surface area contributed by atoms with Crippen molar-refractivity contribution in [3.63, 3.8) is 0 Å². The van der Waals surface area contributed by atoms with E-state index >= 15 is 0 Å². The van der Waals surface area contributed by atoms with Crippen LogP contribution in [0.15, 0.2) is 53.9 Å². The minimum absolute atomic E-state index is 0.809. The van der Waals surface area contributed by atoms with Crippen molar-refractivity contribution in [3.05, 3.63) is 70.2 Å². The van der Waals surface area contributed by atoms with Crippen molar-refractivity contribution in [2.45, 2.75) is 13.5 Å². The lowest BCUT2D eigenvalue weighted by atomic mass is 10.1. The molecule has 5 heteroatoms. The summed E-state index contributed by atoms with van der Waals surface area (Å²) in [4.78, 5) is 9.75. The highest BCUT2D eigenvalue weighted by molar-refractivity contribution is 7.13. The molecule has 0 radical (unpaired) electrons. The zero-order chi connectivity index (χ0) is 17.9. The summed E-state index contributed by atoms with van der Waals surface area (Å²) in [5.41, 5.74) is 4.92. The van der Waals surface area contributed by atoms with Crippen molar-refractivity contribution in [2.24, 2.45) is 0 Å². The van der Waals surface area contributed by atoms with Crippen molar-refractivity contribution in [2.75, 3.05) is 31.1 Å². The van der Waals surface area contributed by atoms with Crippen LogP contribution >= 0.6 is 22.9 Å². The van der Waals surface area contributed by atoms with E-state index in [1.165, 1.54) is 22.5 Å². The van der Waals surface area contributed by atoms with Gasteiger partial charge in [0.15, 0.2) is 0 Å². The quantitative estimate of drug-likeness (QED) is 0.625. The number of benzene rings is 2. The van der Waals surface area contributed by atoms with E-state index in [0.29, 0.717) is 0 Å². The van der Waals surface area contributed by atoms with Crippen LogP contribution in [0.3, 0.4) is 0 Å². The average Bonchev–Trinajstić information content (AvgIpc) is 3.14. The molecular weight excluding hydrogens is 362 g/mol. The molecule has 0 amide bonds. The van der Waals surface area contributed by atoms with Crippen LogP contribution in [0.4, 0.5) is 5.69 Å². The number of hydrogen-bond donors (Lipinski definition) is 0. The summed E-state index contributed by atoms with van der Waals surface area (Å²) in [6, 6.07) is 16.6. The van der Waals surface area contributed by atoms with Crippen LogP contribution in [0.1, 0.15) is 11.3 Å². The zero-order valence-corrected chi connectivity index (χ0v) is 16.4. The van der Waals surface area contributed by atoms with Crippen LogP contribution in [-0.4, -0.2) is 36.1 Å². The maximum atomic E-state index is 6.18. The number of aromatic nitrogens is 1. The second kappa shape index (κ2) is 7.78. The van der Waals surface area contributed by atoms with Gasteiger partial charge >= 0.3 is 0 Å². The van der Waals surface area contributed by atoms with E-state index in [0.717, 1.165) is 42.8 Å². The van der Waals surface area contributed by atoms with E-state index in [9.17, 15) is 0 Å². The standard InChI is InChI=1S/C21H22ClN3S/c1-16-7-8-18(22)13-20(16)25-11-9-24(10-12-25)14-19-15-26-21(23-19)17-5-3-2-4-6-17/h2-8,13,15H,9-12,14H2,1H3. The highest BCUT2D eigenvalue weighted by Gasteiger charge is 2.19. The Balaban J connectivity index is 1.37. The molecule has 0 spiro atoms. The first kappa shape index (κ1) is 17.5. The average molecular weight is 384 g/mol. The Hall–Kier alpha value is -1.88. The second-order valence-corrected chi connectivity index (χ2v) is 8.00. The summed E-state index contributed by atoms with van der Waals surface area (Å²) in [6.45, 7) is 7.21. The molecule has 0 N–H and O–H groups in total. The number of halogens is 1. The van der Waals surface area contributed by atoms with Crippen LogP contribution in [0.2, 0.25) is 5.02 Å². The molecule has 1 aliphatic heterocycles. The third-order valence-electron chi connectivity index (χ3n) is 4.84. The number of rotatable bonds is 4. The Bertz CT molecular complexity index is 870. The van der Waals surface area contributed by atoms with E-state index in [4.69, 9.17) is 16.6 Å². The van der Waals surface area contributed by atoms with Gasteiger partial charge in [0.2, 0.25) is 0 Å². The number of piperazine rings is 1. The van der Waals surface area contributed by atoms with Gasteiger partial charge in [0, 0.05) is 54.4 Å². The lowest BCUT2D eigenvalue weighted by molar-refractivity contribution is 0.247. The number of nitrogens with zero attached hydrogens (tertiary/aromatic N) is 3. The van der Waals surface area contributed by atoms with E-state index in [-0.39, 0.29) is 0 Å². The summed E-state index contributed by atoms with van der Waals surface area (Å²) in [5, 5.41) is 4.10. The Morgan fingerprint density at radius 1 is 1.04 bits per heavy atom. The fourth-order valence-corrected chi connectivity index (χ4v) is 4.38. The van der Waals surface area contributed by atoms with E-state index in [1.54, 1.807) is 11.3 Å². The summed E-state index contributed by atoms with van der Waals surface area (Å²) in [5.74, 6) is 0. The third kappa shape index (κ3) is 3.93. The van der Waals surface area contributed by atoms with Crippen LogP contribution in [-0.2, 0) is 6.54 Å². The monoisotopic (exact) mass is 383 g/mol. The van der Waals surface area contributed by atoms with Crippen molar-refractivity contribution in [3.8, 4) is 10.6 Å². The fourth-order valence-electron chi connectivity index (χ4n) is 3.39. The Labute approximate surface area is 163 Å². The highest BCUT2D eigenvalue weighted by Crippen LogP contribution is 2.27. The number of thiazole rings is 1. The summed E-state index contributed by atoms with van der Waals surface area (Å²) < 4.78 is 0. The molecule has 134 valence electrons. The minimum atomic E-state index is 0.809. The molecule has 0 unspecified atom stereocenters. The van der Waals surface area contributed by atoms with Gasteiger partial charge in [0.05, 0.1) is 5.69 Å². The van der Waals surface area contributed by atoms with Crippen molar-refractivity contribution in [1.82, 2.24) is 9.88 Å². The predicted molar refractivity (Wildman–Crippen MR) is 111 cm³/mol. The molecule has 0 saturated carbocycles. The molecule has 2 heterocycles. The molecular formula is C21H22ClN3S. The smallest absolute Gasteiger partial charge is 0.123 e. The normalized spacial score (nSPS) is 15.4. The molecule has 2 aromatic carbocycles. The van der Waals surface area contributed by atoms with Gasteiger partial charge in [0.25, 0.3) is 0 Å². The van der Waals surface area contributed by atoms with E-state index in [2.05, 4.69) is 58.5 Å². The lowest BCUT2D eigenvalue weighted by Crippen LogP contribution is -2.46. The fraction of sp³-hybridized carbons (Fsp3) is 0.286. The Kier molecular flexibility index (Phi) is 5.25. The first-order chi connectivity index (χ1) is 12.7.